The van der Waals surface area contributed by atoms with E-state index in [0.29, 0.717) is 18.8 Å². The van der Waals surface area contributed by atoms with Gasteiger partial charge in [0.05, 0.1) is 5.69 Å². The Labute approximate surface area is 90.1 Å². The number of nitrogens with zero attached hydrogens (tertiary/aromatic N) is 1. The molecule has 0 bridgehead atoms. The third kappa shape index (κ3) is 2.81. The van der Waals surface area contributed by atoms with Crippen molar-refractivity contribution in [3.63, 3.8) is 0 Å². The molecule has 0 atom stereocenters. The zero-order valence-corrected chi connectivity index (χ0v) is 9.53. The number of rotatable bonds is 4. The molecule has 1 aromatic rings. The molecule has 5 heteroatoms. The summed E-state index contributed by atoms with van der Waals surface area (Å²) in [5.41, 5.74) is 0.296. The zero-order chi connectivity index (χ0) is 11.5. The summed E-state index contributed by atoms with van der Waals surface area (Å²) in [7, 11) is 0. The molecule has 0 saturated heterocycles. The predicted molar refractivity (Wildman–Crippen MR) is 59.2 cm³/mol. The molecule has 0 aliphatic carbocycles. The predicted octanol–water partition coefficient (Wildman–Crippen LogP) is 4.35. The van der Waals surface area contributed by atoms with Crippen LogP contribution in [0.2, 0.25) is 0 Å². The third-order valence-corrected chi connectivity index (χ3v) is 3.06. The Morgan fingerprint density at radius 1 is 1.07 bits per heavy atom. The topological polar surface area (TPSA) is 3.24 Å². The van der Waals surface area contributed by atoms with Gasteiger partial charge in [-0.3, -0.25) is 0 Å². The fraction of sp³-hybridized carbons (Fsp3) is 0.400. The highest BCUT2D eigenvalue weighted by atomic mass is 32.3. The van der Waals surface area contributed by atoms with Gasteiger partial charge < -0.3 is 4.90 Å². The maximum Gasteiger partial charge on any atom is 0.239 e. The molecule has 0 unspecified atom stereocenters. The molecule has 0 aromatic heterocycles. The van der Waals surface area contributed by atoms with Crippen molar-refractivity contribution in [1.82, 2.24) is 0 Å². The molecule has 1 aromatic carbocycles. The lowest BCUT2D eigenvalue weighted by molar-refractivity contribution is 0.632. The lowest BCUT2D eigenvalue weighted by Gasteiger charge is -2.25. The lowest BCUT2D eigenvalue weighted by Crippen LogP contribution is -2.22. The van der Waals surface area contributed by atoms with Crippen LogP contribution >= 0.6 is 11.2 Å². The van der Waals surface area contributed by atoms with Crippen molar-refractivity contribution in [2.24, 2.45) is 0 Å². The summed E-state index contributed by atoms with van der Waals surface area (Å²) in [6.07, 6.45) is 0. The molecule has 1 rings (SSSR count). The van der Waals surface area contributed by atoms with Crippen LogP contribution in [-0.4, -0.2) is 13.1 Å². The van der Waals surface area contributed by atoms with Gasteiger partial charge in [0.1, 0.15) is 4.90 Å². The van der Waals surface area contributed by atoms with Crippen molar-refractivity contribution < 1.29 is 11.7 Å². The number of para-hydroxylation sites is 1. The van der Waals surface area contributed by atoms with Gasteiger partial charge in [-0.2, -0.15) is 0 Å². The first-order valence-corrected chi connectivity index (χ1v) is 6.10. The highest BCUT2D eigenvalue weighted by molar-refractivity contribution is 8.21. The zero-order valence-electron chi connectivity index (χ0n) is 8.71. The van der Waals surface area contributed by atoms with Crippen LogP contribution in [-0.2, 0) is 0 Å². The van der Waals surface area contributed by atoms with Crippen molar-refractivity contribution >= 4 is 16.9 Å². The molecule has 0 amide bonds. The molecular formula is C10H14F3NS. The average Bonchev–Trinajstić information content (AvgIpc) is 2.19. The highest BCUT2D eigenvalue weighted by Crippen LogP contribution is 2.63. The number of hydrogen-bond acceptors (Lipinski definition) is 1. The molecular weight excluding hydrogens is 223 g/mol. The molecule has 1 nitrogen and oxygen atoms in total. The van der Waals surface area contributed by atoms with Gasteiger partial charge in [0.25, 0.3) is 0 Å². The van der Waals surface area contributed by atoms with Gasteiger partial charge in [-0.1, -0.05) is 12.1 Å². The van der Waals surface area contributed by atoms with Gasteiger partial charge in [-0.15, -0.1) is 11.7 Å². The van der Waals surface area contributed by atoms with Crippen molar-refractivity contribution in [1.29, 1.82) is 0 Å². The molecule has 15 heavy (non-hydrogen) atoms. The van der Waals surface area contributed by atoms with Crippen molar-refractivity contribution in [3.8, 4) is 0 Å². The fourth-order valence-electron chi connectivity index (χ4n) is 1.48. The van der Waals surface area contributed by atoms with E-state index in [1.54, 1.807) is 11.0 Å². The molecule has 0 radical (unpaired) electrons. The Morgan fingerprint density at radius 2 is 1.60 bits per heavy atom. The van der Waals surface area contributed by atoms with Crippen LogP contribution in [0.4, 0.5) is 17.3 Å². The summed E-state index contributed by atoms with van der Waals surface area (Å²) in [5, 5.41) is 0. The monoisotopic (exact) mass is 237 g/mol. The van der Waals surface area contributed by atoms with Gasteiger partial charge in [-0.25, -0.2) is 0 Å². The van der Waals surface area contributed by atoms with E-state index < -0.39 is 16.1 Å². The van der Waals surface area contributed by atoms with Crippen LogP contribution in [0.3, 0.4) is 0 Å². The van der Waals surface area contributed by atoms with Gasteiger partial charge in [-0.05, 0) is 26.0 Å². The molecule has 0 heterocycles. The number of anilines is 1. The normalized spacial score (nSPS) is 12.6. The quantitative estimate of drug-likeness (QED) is 0.752. The first-order chi connectivity index (χ1) is 7.00. The maximum absolute atomic E-state index is 12.7. The lowest BCUT2D eigenvalue weighted by atomic mass is 10.3. The van der Waals surface area contributed by atoms with Crippen molar-refractivity contribution in [2.45, 2.75) is 18.7 Å². The van der Waals surface area contributed by atoms with Gasteiger partial charge in [0, 0.05) is 13.1 Å². The van der Waals surface area contributed by atoms with Crippen LogP contribution in [0.25, 0.3) is 0 Å². The standard InChI is InChI=1S/C10H14F3NS/c1-3-14(4-2)9-7-5-6-8-10(9)15(11,12)13/h5-8H,3-4H2,1-2H3. The summed E-state index contributed by atoms with van der Waals surface area (Å²) in [5.74, 6) is 0. The Kier molecular flexibility index (Phi) is 3.90. The maximum atomic E-state index is 12.7. The number of benzene rings is 1. The minimum Gasteiger partial charge on any atom is -0.371 e. The van der Waals surface area contributed by atoms with E-state index in [4.69, 9.17) is 0 Å². The summed E-state index contributed by atoms with van der Waals surface area (Å²) >= 11 is -5.14. The van der Waals surface area contributed by atoms with E-state index in [1.807, 2.05) is 13.8 Å². The SMILES string of the molecule is CCN(CC)c1ccccc1S(F)(F)F. The summed E-state index contributed by atoms with van der Waals surface area (Å²) in [4.78, 5) is 1.24. The first kappa shape index (κ1) is 12.2. The summed E-state index contributed by atoms with van der Waals surface area (Å²) in [6, 6.07) is 5.76. The Bertz CT molecular complexity index is 321. The molecule has 0 aliphatic rings. The van der Waals surface area contributed by atoms with E-state index in [-0.39, 0.29) is 0 Å². The average molecular weight is 237 g/mol. The van der Waals surface area contributed by atoms with Crippen molar-refractivity contribution in [3.05, 3.63) is 24.3 Å². The third-order valence-electron chi connectivity index (χ3n) is 2.22. The second kappa shape index (κ2) is 4.79. The largest absolute Gasteiger partial charge is 0.371 e. The van der Waals surface area contributed by atoms with E-state index >= 15 is 0 Å². The number of halogens is 3. The van der Waals surface area contributed by atoms with Crippen LogP contribution in [0.1, 0.15) is 13.8 Å². The molecule has 0 N–H and O–H groups in total. The van der Waals surface area contributed by atoms with Gasteiger partial charge in [0.15, 0.2) is 0 Å². The van der Waals surface area contributed by atoms with Gasteiger partial charge in [0.2, 0.25) is 11.2 Å². The Balaban J connectivity index is 3.17. The second-order valence-corrected chi connectivity index (χ2v) is 4.30. The van der Waals surface area contributed by atoms with Crippen LogP contribution in [0.15, 0.2) is 29.2 Å². The first-order valence-electron chi connectivity index (χ1n) is 4.76. The van der Waals surface area contributed by atoms with E-state index in [2.05, 4.69) is 0 Å². The summed E-state index contributed by atoms with van der Waals surface area (Å²) in [6.45, 7) is 4.88. The van der Waals surface area contributed by atoms with Crippen LogP contribution in [0.5, 0.6) is 0 Å². The minimum absolute atomic E-state index is 0.296. The molecule has 0 spiro atoms. The smallest absolute Gasteiger partial charge is 0.239 e. The molecule has 0 fully saturated rings. The van der Waals surface area contributed by atoms with E-state index in [9.17, 15) is 11.7 Å². The van der Waals surface area contributed by atoms with E-state index in [1.165, 1.54) is 12.1 Å². The van der Waals surface area contributed by atoms with Gasteiger partial charge >= 0.3 is 0 Å². The van der Waals surface area contributed by atoms with Crippen molar-refractivity contribution in [2.75, 3.05) is 18.0 Å². The van der Waals surface area contributed by atoms with E-state index in [0.717, 1.165) is 6.07 Å². The number of hydrogen-bond donors (Lipinski definition) is 0. The Hall–Kier alpha value is -0.840. The van der Waals surface area contributed by atoms with Crippen LogP contribution in [0, 0.1) is 0 Å². The summed E-state index contributed by atoms with van der Waals surface area (Å²) < 4.78 is 38.2. The fourth-order valence-corrected chi connectivity index (χ4v) is 2.15. The van der Waals surface area contributed by atoms with Crippen LogP contribution < -0.4 is 4.90 Å². The molecule has 86 valence electrons. The molecule has 0 saturated carbocycles. The second-order valence-electron chi connectivity index (χ2n) is 3.05. The molecule has 0 aliphatic heterocycles. The minimum atomic E-state index is -5.14. The Morgan fingerprint density at radius 3 is 2.07 bits per heavy atom. The highest BCUT2D eigenvalue weighted by Gasteiger charge is 2.28.